The lowest BCUT2D eigenvalue weighted by Gasteiger charge is -2.08. The topological polar surface area (TPSA) is 20.7 Å². The van der Waals surface area contributed by atoms with Crippen LogP contribution in [0.25, 0.3) is 16.7 Å². The van der Waals surface area contributed by atoms with Gasteiger partial charge in [0, 0.05) is 11.8 Å². The summed E-state index contributed by atoms with van der Waals surface area (Å²) in [5, 5.41) is 0. The van der Waals surface area contributed by atoms with E-state index in [2.05, 4.69) is 39.1 Å². The van der Waals surface area contributed by atoms with E-state index in [0.717, 1.165) is 24.0 Å². The zero-order chi connectivity index (χ0) is 14.6. The van der Waals surface area contributed by atoms with Crippen LogP contribution < -0.4 is 0 Å². The number of aromatic nitrogens is 2. The smallest absolute Gasteiger partial charge is 0.182 e. The first-order chi connectivity index (χ1) is 10.1. The number of imidazole rings is 1. The van der Waals surface area contributed by atoms with E-state index in [0.29, 0.717) is 14.8 Å². The van der Waals surface area contributed by atoms with Crippen molar-refractivity contribution in [1.29, 1.82) is 0 Å². The van der Waals surface area contributed by atoms with Crippen LogP contribution in [0, 0.1) is 10.6 Å². The third-order valence-corrected chi connectivity index (χ3v) is 4.96. The van der Waals surface area contributed by atoms with Gasteiger partial charge in [-0.25, -0.2) is 4.39 Å². The minimum Gasteiger partial charge on any atom is -0.330 e. The van der Waals surface area contributed by atoms with Gasteiger partial charge < -0.3 is 4.98 Å². The van der Waals surface area contributed by atoms with Crippen LogP contribution in [0.5, 0.6) is 0 Å². The maximum atomic E-state index is 13.7. The molecular weight excluding hydrogens is 351 g/mol. The molecule has 4 rings (SSSR count). The lowest BCUT2D eigenvalue weighted by Crippen LogP contribution is -1.96. The van der Waals surface area contributed by atoms with Gasteiger partial charge in [-0.15, -0.1) is 0 Å². The number of halogens is 2. The van der Waals surface area contributed by atoms with Gasteiger partial charge in [-0.3, -0.25) is 4.57 Å². The summed E-state index contributed by atoms with van der Waals surface area (Å²) in [5.41, 5.74) is 5.44. The van der Waals surface area contributed by atoms with E-state index in [9.17, 15) is 4.39 Å². The molecular formula is C16H12BrFN2S. The van der Waals surface area contributed by atoms with Gasteiger partial charge in [-0.1, -0.05) is 6.07 Å². The molecule has 1 aromatic heterocycles. The largest absolute Gasteiger partial charge is 0.330 e. The van der Waals surface area contributed by atoms with E-state index < -0.39 is 0 Å². The number of fused-ring (bicyclic) bond motifs is 2. The van der Waals surface area contributed by atoms with Crippen LogP contribution in [0.1, 0.15) is 17.5 Å². The fourth-order valence-electron chi connectivity index (χ4n) is 3.06. The van der Waals surface area contributed by atoms with Gasteiger partial charge in [0.05, 0.1) is 15.5 Å². The lowest BCUT2D eigenvalue weighted by molar-refractivity contribution is 0.623. The summed E-state index contributed by atoms with van der Waals surface area (Å²) in [4.78, 5) is 3.08. The highest BCUT2D eigenvalue weighted by Crippen LogP contribution is 2.29. The van der Waals surface area contributed by atoms with Crippen molar-refractivity contribution in [3.05, 3.63) is 56.5 Å². The first-order valence-electron chi connectivity index (χ1n) is 6.85. The molecule has 0 saturated carbocycles. The Balaban J connectivity index is 2.00. The molecule has 21 heavy (non-hydrogen) atoms. The Morgan fingerprint density at radius 3 is 2.81 bits per heavy atom. The molecule has 2 aromatic carbocycles. The number of aromatic amines is 1. The molecule has 5 heteroatoms. The van der Waals surface area contributed by atoms with Gasteiger partial charge in [0.2, 0.25) is 0 Å². The molecule has 106 valence electrons. The predicted octanol–water partition coefficient (Wildman–Crippen LogP) is 5.08. The summed E-state index contributed by atoms with van der Waals surface area (Å²) < 4.78 is 16.7. The standard InChI is InChI=1S/C16H12BrFN2S/c17-12-7-15-14(8-13(12)18)19-16(21)20(15)11-5-4-9-2-1-3-10(9)6-11/h4-8H,1-3H2,(H,19,21). The third kappa shape index (κ3) is 2.07. The van der Waals surface area contributed by atoms with Gasteiger partial charge in [-0.2, -0.15) is 0 Å². The molecule has 2 nitrogen and oxygen atoms in total. The monoisotopic (exact) mass is 362 g/mol. The van der Waals surface area contributed by atoms with Gasteiger partial charge in [0.15, 0.2) is 4.77 Å². The van der Waals surface area contributed by atoms with Crippen LogP contribution in [0.3, 0.4) is 0 Å². The summed E-state index contributed by atoms with van der Waals surface area (Å²) in [5.74, 6) is -0.292. The Hall–Kier alpha value is -1.46. The van der Waals surface area contributed by atoms with Crippen LogP contribution in [0.15, 0.2) is 34.8 Å². The third-order valence-electron chi connectivity index (χ3n) is 4.06. The average Bonchev–Trinajstić information content (AvgIpc) is 3.02. The number of hydrogen-bond acceptors (Lipinski definition) is 1. The molecule has 1 aliphatic carbocycles. The fourth-order valence-corrected chi connectivity index (χ4v) is 3.70. The van der Waals surface area contributed by atoms with Crippen molar-refractivity contribution < 1.29 is 4.39 Å². The first-order valence-corrected chi connectivity index (χ1v) is 8.05. The molecule has 1 N–H and O–H groups in total. The van der Waals surface area contributed by atoms with E-state index in [1.807, 2.05) is 4.57 Å². The lowest BCUT2D eigenvalue weighted by atomic mass is 10.1. The SMILES string of the molecule is Fc1cc2[nH]c(=S)n(-c3ccc4c(c3)CCC4)c2cc1Br. The summed E-state index contributed by atoms with van der Waals surface area (Å²) in [6.07, 6.45) is 3.50. The fraction of sp³-hybridized carbons (Fsp3) is 0.188. The molecule has 3 aromatic rings. The Morgan fingerprint density at radius 1 is 1.14 bits per heavy atom. The maximum absolute atomic E-state index is 13.7. The molecule has 0 amide bonds. The van der Waals surface area contributed by atoms with Crippen molar-refractivity contribution in [2.75, 3.05) is 0 Å². The minimum absolute atomic E-state index is 0.292. The van der Waals surface area contributed by atoms with Crippen LogP contribution in [0.2, 0.25) is 0 Å². The van der Waals surface area contributed by atoms with Crippen LogP contribution in [-0.4, -0.2) is 9.55 Å². The first kappa shape index (κ1) is 13.2. The second-order valence-electron chi connectivity index (χ2n) is 5.36. The second kappa shape index (κ2) is 4.78. The Kier molecular flexibility index (Phi) is 3.01. The molecule has 1 heterocycles. The van der Waals surface area contributed by atoms with Gasteiger partial charge >= 0.3 is 0 Å². The molecule has 0 saturated heterocycles. The molecule has 1 aliphatic rings. The molecule has 0 atom stereocenters. The van der Waals surface area contributed by atoms with Gasteiger partial charge in [0.1, 0.15) is 5.82 Å². The summed E-state index contributed by atoms with van der Waals surface area (Å²) in [6.45, 7) is 0. The zero-order valence-corrected chi connectivity index (χ0v) is 13.5. The number of aryl methyl sites for hydroxylation is 2. The average molecular weight is 363 g/mol. The van der Waals surface area contributed by atoms with Crippen molar-refractivity contribution in [2.45, 2.75) is 19.3 Å². The molecule has 0 bridgehead atoms. The Morgan fingerprint density at radius 2 is 1.95 bits per heavy atom. The summed E-state index contributed by atoms with van der Waals surface area (Å²) in [7, 11) is 0. The summed E-state index contributed by atoms with van der Waals surface area (Å²) >= 11 is 8.66. The van der Waals surface area contributed by atoms with Crippen molar-refractivity contribution >= 4 is 39.2 Å². The molecule has 0 unspecified atom stereocenters. The summed E-state index contributed by atoms with van der Waals surface area (Å²) in [6, 6.07) is 9.70. The van der Waals surface area contributed by atoms with E-state index in [-0.39, 0.29) is 5.82 Å². The second-order valence-corrected chi connectivity index (χ2v) is 6.60. The highest BCUT2D eigenvalue weighted by Gasteiger charge is 2.14. The molecule has 0 aliphatic heterocycles. The maximum Gasteiger partial charge on any atom is 0.182 e. The van der Waals surface area contributed by atoms with Crippen LogP contribution in [-0.2, 0) is 12.8 Å². The van der Waals surface area contributed by atoms with Gasteiger partial charge in [0.25, 0.3) is 0 Å². The van der Waals surface area contributed by atoms with E-state index in [1.54, 1.807) is 6.07 Å². The van der Waals surface area contributed by atoms with Crippen molar-refractivity contribution in [3.63, 3.8) is 0 Å². The number of benzene rings is 2. The van der Waals surface area contributed by atoms with Crippen molar-refractivity contribution in [1.82, 2.24) is 9.55 Å². The molecule has 0 fully saturated rings. The Labute approximate surface area is 134 Å². The van der Waals surface area contributed by atoms with Crippen molar-refractivity contribution in [3.8, 4) is 5.69 Å². The molecule has 0 spiro atoms. The number of hydrogen-bond donors (Lipinski definition) is 1. The zero-order valence-electron chi connectivity index (χ0n) is 11.1. The molecule has 0 radical (unpaired) electrons. The minimum atomic E-state index is -0.292. The van der Waals surface area contributed by atoms with Gasteiger partial charge in [-0.05, 0) is 76.7 Å². The Bertz CT molecular complexity index is 926. The number of rotatable bonds is 1. The van der Waals surface area contributed by atoms with E-state index in [1.165, 1.54) is 23.6 Å². The van der Waals surface area contributed by atoms with Crippen molar-refractivity contribution in [2.24, 2.45) is 0 Å². The quantitative estimate of drug-likeness (QED) is 0.598. The highest BCUT2D eigenvalue weighted by molar-refractivity contribution is 9.10. The van der Waals surface area contributed by atoms with E-state index in [4.69, 9.17) is 12.2 Å². The number of H-pyrrole nitrogens is 1. The predicted molar refractivity (Wildman–Crippen MR) is 88.1 cm³/mol. The number of nitrogens with zero attached hydrogens (tertiary/aromatic N) is 1. The highest BCUT2D eigenvalue weighted by atomic mass is 79.9. The normalized spacial score (nSPS) is 13.8. The van der Waals surface area contributed by atoms with Crippen LogP contribution in [0.4, 0.5) is 4.39 Å². The van der Waals surface area contributed by atoms with E-state index >= 15 is 0 Å². The number of nitrogens with one attached hydrogen (secondary N) is 1. The van der Waals surface area contributed by atoms with Crippen LogP contribution >= 0.6 is 28.1 Å².